The lowest BCUT2D eigenvalue weighted by molar-refractivity contribution is -0.904. The van der Waals surface area contributed by atoms with Crippen LogP contribution in [-0.4, -0.2) is 61.6 Å². The van der Waals surface area contributed by atoms with E-state index < -0.39 is 23.8 Å². The average Bonchev–Trinajstić information content (AvgIpc) is 3.98. The lowest BCUT2D eigenvalue weighted by Gasteiger charge is -2.44. The molecule has 8 rings (SSSR count). The molecule has 4 fully saturated rings. The molecule has 0 unspecified atom stereocenters. The molecule has 278 valence electrons. The van der Waals surface area contributed by atoms with Gasteiger partial charge in [0.1, 0.15) is 22.0 Å². The number of fused-ring (bicyclic) bond motifs is 3. The molecule has 3 aromatic carbocycles. The Balaban J connectivity index is 1.29. The number of ether oxygens (including phenoxy) is 3. The van der Waals surface area contributed by atoms with Crippen LogP contribution in [0.4, 0.5) is 14.9 Å². The molecule has 0 spiro atoms. The Bertz CT molecular complexity index is 1980. The molecule has 3 saturated heterocycles. The summed E-state index contributed by atoms with van der Waals surface area (Å²) >= 11 is 13.2. The molecule has 4 aliphatic rings. The van der Waals surface area contributed by atoms with E-state index in [1.807, 2.05) is 12.1 Å². The maximum Gasteiger partial charge on any atom is 0.415 e. The van der Waals surface area contributed by atoms with E-state index in [4.69, 9.17) is 37.4 Å². The number of carbonyl (C=O) groups is 2. The normalized spacial score (nSPS) is 19.7. The van der Waals surface area contributed by atoms with Crippen LogP contribution in [-0.2, 0) is 17.7 Å². The summed E-state index contributed by atoms with van der Waals surface area (Å²) in [7, 11) is 1.55. The molecule has 1 aliphatic carbocycles. The number of hydrogen-bond donors (Lipinski definition) is 1. The third-order valence-corrected chi connectivity index (χ3v) is 11.2. The van der Waals surface area contributed by atoms with Gasteiger partial charge in [0.05, 0.1) is 31.9 Å². The summed E-state index contributed by atoms with van der Waals surface area (Å²) in [4.78, 5) is 30.2. The number of benzene rings is 3. The molecule has 4 aromatic rings. The molecule has 0 radical (unpaired) electrons. The van der Waals surface area contributed by atoms with Crippen LogP contribution < -0.4 is 24.2 Å². The Labute approximate surface area is 317 Å². The Morgan fingerprint density at radius 2 is 1.75 bits per heavy atom. The molecule has 2 bridgehead atoms. The first-order valence-corrected chi connectivity index (χ1v) is 18.5. The first-order chi connectivity index (χ1) is 25.6. The fourth-order valence-electron chi connectivity index (χ4n) is 7.38. The van der Waals surface area contributed by atoms with Gasteiger partial charge >= 0.3 is 6.09 Å². The minimum absolute atomic E-state index is 0.0358. The van der Waals surface area contributed by atoms with Crippen molar-refractivity contribution in [2.24, 2.45) is 11.8 Å². The third kappa shape index (κ3) is 8.32. The number of anilines is 1. The number of rotatable bonds is 13. The lowest BCUT2D eigenvalue weighted by Crippen LogP contribution is -2.53. The van der Waals surface area contributed by atoms with Gasteiger partial charge in [0.2, 0.25) is 12.4 Å². The van der Waals surface area contributed by atoms with Crippen molar-refractivity contribution in [1.82, 2.24) is 4.90 Å². The second kappa shape index (κ2) is 15.8. The van der Waals surface area contributed by atoms with Crippen LogP contribution in [0.5, 0.6) is 11.5 Å². The number of aromatic carboxylic acids is 1. The van der Waals surface area contributed by atoms with Crippen LogP contribution in [0.3, 0.4) is 0 Å². The van der Waals surface area contributed by atoms with Crippen molar-refractivity contribution in [1.29, 1.82) is 0 Å². The van der Waals surface area contributed by atoms with Gasteiger partial charge in [-0.25, -0.2) is 9.18 Å². The van der Waals surface area contributed by atoms with E-state index in [9.17, 15) is 19.9 Å². The van der Waals surface area contributed by atoms with E-state index in [-0.39, 0.29) is 46.3 Å². The lowest BCUT2D eigenvalue weighted by atomic mass is 9.82. The number of methoxy groups -OCH3 is 1. The second-order valence-electron chi connectivity index (χ2n) is 14.0. The minimum Gasteiger partial charge on any atom is -0.545 e. The maximum atomic E-state index is 15.4. The van der Waals surface area contributed by atoms with Crippen molar-refractivity contribution in [2.75, 3.05) is 38.3 Å². The molecule has 4 heterocycles. The van der Waals surface area contributed by atoms with Crippen molar-refractivity contribution < 1.29 is 43.2 Å². The molecule has 2 atom stereocenters. The zero-order valence-corrected chi connectivity index (χ0v) is 30.7. The van der Waals surface area contributed by atoms with Crippen molar-refractivity contribution in [3.8, 4) is 11.5 Å². The minimum atomic E-state index is -1.42. The Hall–Kier alpha value is -4.58. The van der Waals surface area contributed by atoms with E-state index in [1.54, 1.807) is 37.4 Å². The Morgan fingerprint density at radius 1 is 1.02 bits per heavy atom. The number of carboxylic acid groups (broad SMARTS) is 1. The van der Waals surface area contributed by atoms with Crippen LogP contribution >= 0.6 is 23.2 Å². The fourth-order valence-corrected chi connectivity index (χ4v) is 7.99. The number of piperidine rings is 3. The summed E-state index contributed by atoms with van der Waals surface area (Å²) in [5.41, 5.74) is 1.92. The molecule has 1 amide bonds. The highest BCUT2D eigenvalue weighted by Crippen LogP contribution is 2.40. The smallest absolute Gasteiger partial charge is 0.415 e. The zero-order valence-electron chi connectivity index (χ0n) is 29.2. The quantitative estimate of drug-likeness (QED) is 0.122. The molecule has 53 heavy (non-hydrogen) atoms. The van der Waals surface area contributed by atoms with Gasteiger partial charge in [-0.2, -0.15) is 0 Å². The molecular weight excluding hydrogens is 724 g/mol. The number of carbonyl (C=O) groups excluding carboxylic acids is 2. The Kier molecular flexibility index (Phi) is 11.0. The third-order valence-electron chi connectivity index (χ3n) is 10.5. The number of aromatic nitrogens is 1. The molecular formula is C40H40Cl2FN3O7. The van der Waals surface area contributed by atoms with Gasteiger partial charge in [-0.15, -0.1) is 0 Å². The summed E-state index contributed by atoms with van der Waals surface area (Å²) in [6.45, 7) is 2.95. The van der Waals surface area contributed by atoms with Gasteiger partial charge in [-0.05, 0) is 98.0 Å². The number of pyridine rings is 1. The number of nitrogens with zero attached hydrogens (tertiary/aromatic N) is 3. The van der Waals surface area contributed by atoms with Crippen LogP contribution in [0.1, 0.15) is 64.2 Å². The highest BCUT2D eigenvalue weighted by atomic mass is 35.5. The predicted molar refractivity (Wildman–Crippen MR) is 193 cm³/mol. The van der Waals surface area contributed by atoms with Crippen LogP contribution in [0.25, 0.3) is 0 Å². The highest BCUT2D eigenvalue weighted by Gasteiger charge is 2.38. The number of hydrogen-bond acceptors (Lipinski definition) is 8. The maximum absolute atomic E-state index is 15.4. The summed E-state index contributed by atoms with van der Waals surface area (Å²) in [5.74, 6) is -1.02. The first-order valence-electron chi connectivity index (χ1n) is 17.8. The predicted octanol–water partition coefficient (Wildman–Crippen LogP) is 6.43. The fraction of sp³-hybridized carbons (Fsp3) is 0.375. The van der Waals surface area contributed by atoms with E-state index in [0.717, 1.165) is 43.5 Å². The topological polar surface area (TPSA) is 115 Å². The van der Waals surface area contributed by atoms with Gasteiger partial charge in [0.25, 0.3) is 0 Å². The largest absolute Gasteiger partial charge is 0.545 e. The second-order valence-corrected chi connectivity index (χ2v) is 14.9. The summed E-state index contributed by atoms with van der Waals surface area (Å²) in [6, 6.07) is 16.0. The van der Waals surface area contributed by atoms with Gasteiger partial charge in [0.15, 0.2) is 11.5 Å². The summed E-state index contributed by atoms with van der Waals surface area (Å²) in [5, 5.41) is 23.2. The number of para-hydroxylation sites is 1. The van der Waals surface area contributed by atoms with Crippen LogP contribution in [0.15, 0.2) is 73.1 Å². The molecule has 3 aliphatic heterocycles. The standard InChI is InChI=1S/C40H40Cl2FN3O7/c1-51-36-11-9-27(17-37(36)52-23-24-6-7-24)29(18-31-32(41)20-45(50)21-33(31)42)30-16-25(8-10-28(30)39(47)48)19-46(35-5-3-2-4-34(35)43)40(49)53-38-22-44-14-12-26(38)13-15-44/h2-5,8-11,16-17,20-21,24,26,29,38H,6-7,12-15,18-19,22-23H2,1H3,(H-,47,48,50)/t29-,38-/m0/s1. The van der Waals surface area contributed by atoms with Crippen molar-refractivity contribution in [2.45, 2.75) is 50.7 Å². The number of amides is 1. The molecule has 1 aromatic heterocycles. The van der Waals surface area contributed by atoms with E-state index in [2.05, 4.69) is 4.90 Å². The Morgan fingerprint density at radius 3 is 2.40 bits per heavy atom. The van der Waals surface area contributed by atoms with Crippen molar-refractivity contribution in [3.63, 3.8) is 0 Å². The van der Waals surface area contributed by atoms with Crippen molar-refractivity contribution >= 4 is 41.0 Å². The van der Waals surface area contributed by atoms with Crippen LogP contribution in [0, 0.1) is 17.7 Å². The molecule has 10 nitrogen and oxygen atoms in total. The summed E-state index contributed by atoms with van der Waals surface area (Å²) in [6.07, 6.45) is 5.71. The van der Waals surface area contributed by atoms with Gasteiger partial charge in [0, 0.05) is 28.3 Å². The monoisotopic (exact) mass is 763 g/mol. The first kappa shape index (κ1) is 36.8. The zero-order chi connectivity index (χ0) is 37.2. The van der Waals surface area contributed by atoms with Gasteiger partial charge < -0.3 is 24.1 Å². The molecule has 1 saturated carbocycles. The molecule has 13 heteroatoms. The average molecular weight is 765 g/mol. The summed E-state index contributed by atoms with van der Waals surface area (Å²) < 4.78 is 34.0. The number of halogens is 3. The van der Waals surface area contributed by atoms with Crippen molar-refractivity contribution in [3.05, 3.63) is 117 Å². The molecule has 1 N–H and O–H groups in total. The van der Waals surface area contributed by atoms with Gasteiger partial charge in [-0.3, -0.25) is 15.0 Å². The SMILES string of the molecule is COc1ccc([C@H](Cc2c(Cl)c[n+](O)cc2Cl)c2cc(CN(C(=O)O[C@H]3CN4CCC3CC4)c3ccccc3F)ccc2C(=O)[O-])cc1OCC1CC1. The van der Waals surface area contributed by atoms with Crippen LogP contribution in [0.2, 0.25) is 10.0 Å². The van der Waals surface area contributed by atoms with E-state index >= 15 is 4.39 Å². The number of carboxylic acids is 1. The van der Waals surface area contributed by atoms with E-state index in [0.29, 0.717) is 52.8 Å². The highest BCUT2D eigenvalue weighted by molar-refractivity contribution is 6.35. The van der Waals surface area contributed by atoms with E-state index in [1.165, 1.54) is 35.5 Å². The van der Waals surface area contributed by atoms with Gasteiger partial charge in [-0.1, -0.05) is 59.6 Å².